The number of hydrogen-bond acceptors (Lipinski definition) is 0. The minimum absolute atomic E-state index is 0.766. The van der Waals surface area contributed by atoms with Crippen LogP contribution < -0.4 is 0 Å². The van der Waals surface area contributed by atoms with Gasteiger partial charge in [-0.25, -0.2) is 0 Å². The van der Waals surface area contributed by atoms with Crippen LogP contribution in [-0.2, 0) is 0 Å². The zero-order valence-corrected chi connectivity index (χ0v) is 8.65. The van der Waals surface area contributed by atoms with E-state index in [0.29, 0.717) is 0 Å². The maximum Gasteiger partial charge on any atom is -0.0194 e. The lowest BCUT2D eigenvalue weighted by Crippen LogP contribution is -2.29. The highest BCUT2D eigenvalue weighted by atomic mass is 14.7. The van der Waals surface area contributed by atoms with Gasteiger partial charge in [0, 0.05) is 0 Å². The normalized spacial score (nSPS) is 62.1. The number of rotatable bonds is 1. The molecule has 4 aliphatic rings. The highest BCUT2D eigenvalue weighted by Gasteiger charge is 2.67. The van der Waals surface area contributed by atoms with E-state index in [0.717, 1.165) is 35.0 Å². The van der Waals surface area contributed by atoms with Gasteiger partial charge in [0.2, 0.25) is 0 Å². The Bertz CT molecular complexity index is 327. The first kappa shape index (κ1) is 7.73. The summed E-state index contributed by atoms with van der Waals surface area (Å²) in [6, 6.07) is 0. The molecule has 14 heavy (non-hydrogen) atoms. The Labute approximate surface area is 86.1 Å². The molecule has 0 aromatic rings. The Kier molecular flexibility index (Phi) is 1.20. The number of fused-ring (bicyclic) bond motifs is 1. The van der Waals surface area contributed by atoms with Crippen molar-refractivity contribution in [2.45, 2.75) is 25.7 Å². The number of hydrogen-bond donors (Lipinski definition) is 0. The maximum atomic E-state index is 4.03. The van der Waals surface area contributed by atoms with E-state index < -0.39 is 0 Å². The average Bonchev–Trinajstić information content (AvgIpc) is 2.73. The summed E-state index contributed by atoms with van der Waals surface area (Å²) in [5, 5.41) is 0. The molecule has 0 heteroatoms. The quantitative estimate of drug-likeness (QED) is 0.550. The summed E-state index contributed by atoms with van der Waals surface area (Å²) in [4.78, 5) is 0. The molecule has 0 radical (unpaired) electrons. The molecule has 0 heterocycles. The molecule has 0 aromatic carbocycles. The first-order chi connectivity index (χ1) is 6.84. The van der Waals surface area contributed by atoms with Crippen molar-refractivity contribution in [1.29, 1.82) is 0 Å². The molecule has 3 fully saturated rings. The van der Waals surface area contributed by atoms with Crippen molar-refractivity contribution < 1.29 is 0 Å². The third-order valence-electron chi connectivity index (χ3n) is 5.79. The molecule has 3 saturated carbocycles. The van der Waals surface area contributed by atoms with Crippen molar-refractivity contribution in [3.8, 4) is 0 Å². The zero-order chi connectivity index (χ0) is 9.34. The van der Waals surface area contributed by atoms with E-state index in [2.05, 4.69) is 24.8 Å². The summed E-state index contributed by atoms with van der Waals surface area (Å²) in [5.41, 5.74) is 0.766. The van der Waals surface area contributed by atoms with Gasteiger partial charge in [-0.15, -0.1) is 6.58 Å². The van der Waals surface area contributed by atoms with Crippen LogP contribution >= 0.6 is 0 Å². The Morgan fingerprint density at radius 2 is 2.21 bits per heavy atom. The fourth-order valence-electron chi connectivity index (χ4n) is 5.56. The van der Waals surface area contributed by atoms with Gasteiger partial charge in [-0.05, 0) is 60.7 Å². The molecule has 4 aliphatic carbocycles. The minimum atomic E-state index is 0.766. The zero-order valence-electron chi connectivity index (χ0n) is 8.65. The van der Waals surface area contributed by atoms with Gasteiger partial charge in [-0.2, -0.15) is 0 Å². The minimum Gasteiger partial charge on any atom is -0.103 e. The van der Waals surface area contributed by atoms with E-state index in [4.69, 9.17) is 0 Å². The fourth-order valence-corrected chi connectivity index (χ4v) is 5.56. The molecule has 0 nitrogen and oxygen atoms in total. The van der Waals surface area contributed by atoms with Crippen molar-refractivity contribution in [2.24, 2.45) is 35.0 Å². The standard InChI is InChI=1S/C14H18/c1-2-9-6-14-7-10-4-3-5-12(14)13(10)11(9)8-14/h2-4,9-13H,1,5-8H2. The van der Waals surface area contributed by atoms with E-state index in [1.165, 1.54) is 25.7 Å². The van der Waals surface area contributed by atoms with Gasteiger partial charge in [0.1, 0.15) is 0 Å². The van der Waals surface area contributed by atoms with Crippen molar-refractivity contribution in [3.63, 3.8) is 0 Å². The van der Waals surface area contributed by atoms with Gasteiger partial charge in [0.05, 0.1) is 0 Å². The number of allylic oxidation sites excluding steroid dienone is 3. The summed E-state index contributed by atoms with van der Waals surface area (Å²) < 4.78 is 0. The topological polar surface area (TPSA) is 0 Å². The molecule has 74 valence electrons. The molecular weight excluding hydrogens is 168 g/mol. The predicted octanol–water partition coefficient (Wildman–Crippen LogP) is 3.41. The van der Waals surface area contributed by atoms with E-state index in [1.807, 2.05) is 0 Å². The molecule has 4 rings (SSSR count). The summed E-state index contributed by atoms with van der Waals surface area (Å²) in [5.74, 6) is 4.96. The molecular formula is C14H18. The summed E-state index contributed by atoms with van der Waals surface area (Å²) >= 11 is 0. The molecule has 6 atom stereocenters. The third-order valence-corrected chi connectivity index (χ3v) is 5.79. The van der Waals surface area contributed by atoms with E-state index in [1.54, 1.807) is 0 Å². The third kappa shape index (κ3) is 0.637. The second-order valence-corrected chi connectivity index (χ2v) is 6.05. The van der Waals surface area contributed by atoms with E-state index >= 15 is 0 Å². The van der Waals surface area contributed by atoms with Gasteiger partial charge in [-0.3, -0.25) is 0 Å². The second kappa shape index (κ2) is 2.18. The molecule has 0 aromatic heterocycles. The monoisotopic (exact) mass is 186 g/mol. The highest BCUT2D eigenvalue weighted by molar-refractivity contribution is 5.24. The van der Waals surface area contributed by atoms with Gasteiger partial charge >= 0.3 is 0 Å². The first-order valence-electron chi connectivity index (χ1n) is 6.13. The van der Waals surface area contributed by atoms with Crippen LogP contribution in [0.25, 0.3) is 0 Å². The smallest absolute Gasteiger partial charge is 0.0194 e. The molecule has 0 aliphatic heterocycles. The lowest BCUT2D eigenvalue weighted by Gasteiger charge is -2.35. The highest BCUT2D eigenvalue weighted by Crippen LogP contribution is 2.74. The van der Waals surface area contributed by atoms with Crippen molar-refractivity contribution >= 4 is 0 Å². The van der Waals surface area contributed by atoms with E-state index in [-0.39, 0.29) is 0 Å². The largest absolute Gasteiger partial charge is 0.103 e. The molecule has 5 bridgehead atoms. The molecule has 6 unspecified atom stereocenters. The molecule has 0 amide bonds. The van der Waals surface area contributed by atoms with Crippen molar-refractivity contribution in [3.05, 3.63) is 24.8 Å². The Morgan fingerprint density at radius 3 is 3.07 bits per heavy atom. The van der Waals surface area contributed by atoms with Crippen LogP contribution in [0.1, 0.15) is 25.7 Å². The second-order valence-electron chi connectivity index (χ2n) is 6.05. The predicted molar refractivity (Wildman–Crippen MR) is 57.7 cm³/mol. The van der Waals surface area contributed by atoms with Crippen LogP contribution in [0.2, 0.25) is 0 Å². The lowest BCUT2D eigenvalue weighted by molar-refractivity contribution is 0.170. The summed E-state index contributed by atoms with van der Waals surface area (Å²) in [6.45, 7) is 4.03. The average molecular weight is 186 g/mol. The summed E-state index contributed by atoms with van der Waals surface area (Å²) in [7, 11) is 0. The van der Waals surface area contributed by atoms with Crippen molar-refractivity contribution in [1.82, 2.24) is 0 Å². The molecule has 0 N–H and O–H groups in total. The van der Waals surface area contributed by atoms with Crippen LogP contribution in [0.4, 0.5) is 0 Å². The maximum absolute atomic E-state index is 4.03. The van der Waals surface area contributed by atoms with Gasteiger partial charge < -0.3 is 0 Å². The Balaban J connectivity index is 1.83. The van der Waals surface area contributed by atoms with Crippen LogP contribution in [0.5, 0.6) is 0 Å². The Hall–Kier alpha value is -0.520. The van der Waals surface area contributed by atoms with Gasteiger partial charge in [0.25, 0.3) is 0 Å². The molecule has 1 spiro atoms. The fraction of sp³-hybridized carbons (Fsp3) is 0.714. The van der Waals surface area contributed by atoms with Crippen molar-refractivity contribution in [2.75, 3.05) is 0 Å². The van der Waals surface area contributed by atoms with Crippen LogP contribution in [0, 0.1) is 35.0 Å². The lowest BCUT2D eigenvalue weighted by atomic mass is 9.69. The van der Waals surface area contributed by atoms with Gasteiger partial charge in [0.15, 0.2) is 0 Å². The van der Waals surface area contributed by atoms with Gasteiger partial charge in [-0.1, -0.05) is 18.2 Å². The summed E-state index contributed by atoms with van der Waals surface area (Å²) in [6.07, 6.45) is 13.2. The Morgan fingerprint density at radius 1 is 1.29 bits per heavy atom. The van der Waals surface area contributed by atoms with Crippen LogP contribution in [0.3, 0.4) is 0 Å². The first-order valence-corrected chi connectivity index (χ1v) is 6.13. The van der Waals surface area contributed by atoms with Crippen LogP contribution in [0.15, 0.2) is 24.8 Å². The van der Waals surface area contributed by atoms with Crippen LogP contribution in [-0.4, -0.2) is 0 Å². The SMILES string of the molecule is C=CC1CC23CC4C=CCC2C4C1C3. The van der Waals surface area contributed by atoms with E-state index in [9.17, 15) is 0 Å². The molecule has 0 saturated heterocycles.